The van der Waals surface area contributed by atoms with Crippen LogP contribution in [0.5, 0.6) is 0 Å². The van der Waals surface area contributed by atoms with Gasteiger partial charge in [-0.15, -0.1) is 0 Å². The molecule has 0 aliphatic carbocycles. The van der Waals surface area contributed by atoms with Gasteiger partial charge in [-0.2, -0.15) is 0 Å². The summed E-state index contributed by atoms with van der Waals surface area (Å²) in [6.07, 6.45) is 3.09. The van der Waals surface area contributed by atoms with Crippen molar-refractivity contribution in [3.63, 3.8) is 0 Å². The van der Waals surface area contributed by atoms with E-state index in [4.69, 9.17) is 11.6 Å². The van der Waals surface area contributed by atoms with E-state index in [1.54, 1.807) is 6.07 Å². The first-order valence-electron chi connectivity index (χ1n) is 8.70. The summed E-state index contributed by atoms with van der Waals surface area (Å²) < 4.78 is 29.2. The van der Waals surface area contributed by atoms with Crippen molar-refractivity contribution in [1.29, 1.82) is 0 Å². The van der Waals surface area contributed by atoms with Gasteiger partial charge in [0, 0.05) is 36.5 Å². The summed E-state index contributed by atoms with van der Waals surface area (Å²) in [6.45, 7) is 2.37. The van der Waals surface area contributed by atoms with Gasteiger partial charge in [0.05, 0.1) is 6.04 Å². The van der Waals surface area contributed by atoms with Crippen LogP contribution in [0.4, 0.5) is 8.78 Å². The third kappa shape index (κ3) is 3.39. The summed E-state index contributed by atoms with van der Waals surface area (Å²) in [5, 5.41) is 0.699. The van der Waals surface area contributed by atoms with E-state index in [9.17, 15) is 8.78 Å². The molecule has 0 saturated carbocycles. The van der Waals surface area contributed by atoms with Crippen molar-refractivity contribution in [1.82, 2.24) is 9.47 Å². The minimum Gasteiger partial charge on any atom is -0.350 e. The highest BCUT2D eigenvalue weighted by Crippen LogP contribution is 2.33. The molecule has 0 radical (unpaired) electrons. The topological polar surface area (TPSA) is 8.17 Å². The van der Waals surface area contributed by atoms with Crippen LogP contribution in [0, 0.1) is 11.6 Å². The SMILES string of the molecule is Fc1ccc(CN2CCCn3cccc3C2c2ccc(Cl)cc2)cc1F. The standard InChI is InChI=1S/C21H19ClF2N2/c22-17-7-5-16(6-8-17)21-20-3-1-10-25(20)11-2-12-26(21)14-15-4-9-18(23)19(24)13-15/h1,3-10,13,21H,2,11-12,14H2. The van der Waals surface area contributed by atoms with Crippen molar-refractivity contribution >= 4 is 11.6 Å². The van der Waals surface area contributed by atoms with Crippen LogP contribution in [0.1, 0.15) is 29.3 Å². The number of benzene rings is 2. The van der Waals surface area contributed by atoms with Crippen molar-refractivity contribution in [3.05, 3.63) is 94.3 Å². The highest BCUT2D eigenvalue weighted by molar-refractivity contribution is 6.30. The van der Waals surface area contributed by atoms with E-state index in [0.29, 0.717) is 11.6 Å². The fourth-order valence-electron chi connectivity index (χ4n) is 3.71. The zero-order valence-electron chi connectivity index (χ0n) is 14.2. The monoisotopic (exact) mass is 372 g/mol. The summed E-state index contributed by atoms with van der Waals surface area (Å²) in [7, 11) is 0. The maximum Gasteiger partial charge on any atom is 0.159 e. The summed E-state index contributed by atoms with van der Waals surface area (Å²) in [4.78, 5) is 2.31. The van der Waals surface area contributed by atoms with Crippen molar-refractivity contribution in [2.45, 2.75) is 25.6 Å². The second-order valence-corrected chi connectivity index (χ2v) is 7.09. The van der Waals surface area contributed by atoms with E-state index < -0.39 is 11.6 Å². The first-order valence-corrected chi connectivity index (χ1v) is 9.08. The quantitative estimate of drug-likeness (QED) is 0.596. The van der Waals surface area contributed by atoms with E-state index in [-0.39, 0.29) is 6.04 Å². The molecular weight excluding hydrogens is 354 g/mol. The van der Waals surface area contributed by atoms with Crippen LogP contribution in [0.2, 0.25) is 5.02 Å². The van der Waals surface area contributed by atoms with E-state index in [2.05, 4.69) is 27.8 Å². The molecule has 3 aromatic rings. The molecule has 1 unspecified atom stereocenters. The van der Waals surface area contributed by atoms with Gasteiger partial charge >= 0.3 is 0 Å². The van der Waals surface area contributed by atoms with Gasteiger partial charge in [-0.05, 0) is 53.9 Å². The number of hydrogen-bond donors (Lipinski definition) is 0. The summed E-state index contributed by atoms with van der Waals surface area (Å²) in [5.74, 6) is -1.61. The molecule has 1 aliphatic heterocycles. The van der Waals surface area contributed by atoms with Gasteiger partial charge < -0.3 is 4.57 Å². The van der Waals surface area contributed by atoms with Gasteiger partial charge in [0.1, 0.15) is 0 Å². The van der Waals surface area contributed by atoms with Crippen LogP contribution in [0.3, 0.4) is 0 Å². The van der Waals surface area contributed by atoms with Gasteiger partial charge in [0.2, 0.25) is 0 Å². The Morgan fingerprint density at radius 2 is 1.77 bits per heavy atom. The Bertz CT molecular complexity index is 905. The molecule has 1 atom stereocenters. The Morgan fingerprint density at radius 1 is 0.962 bits per heavy atom. The van der Waals surface area contributed by atoms with Crippen LogP contribution >= 0.6 is 11.6 Å². The Balaban J connectivity index is 1.73. The maximum absolute atomic E-state index is 13.7. The average molecular weight is 373 g/mol. The second-order valence-electron chi connectivity index (χ2n) is 6.65. The molecule has 2 aromatic carbocycles. The molecule has 134 valence electrons. The van der Waals surface area contributed by atoms with Crippen molar-refractivity contribution in [2.24, 2.45) is 0 Å². The third-order valence-electron chi connectivity index (χ3n) is 4.91. The predicted octanol–water partition coefficient (Wildman–Crippen LogP) is 5.42. The zero-order valence-corrected chi connectivity index (χ0v) is 15.0. The van der Waals surface area contributed by atoms with Crippen LogP contribution in [0.15, 0.2) is 60.8 Å². The number of nitrogens with zero attached hydrogens (tertiary/aromatic N) is 2. The van der Waals surface area contributed by atoms with Crippen LogP contribution < -0.4 is 0 Å². The lowest BCUT2D eigenvalue weighted by molar-refractivity contribution is 0.220. The minimum absolute atomic E-state index is 0.0397. The van der Waals surface area contributed by atoms with E-state index in [1.807, 2.05) is 24.3 Å². The molecule has 2 heterocycles. The molecule has 0 spiro atoms. The molecule has 4 rings (SSSR count). The lowest BCUT2D eigenvalue weighted by atomic mass is 10.0. The fraction of sp³-hybridized carbons (Fsp3) is 0.238. The zero-order chi connectivity index (χ0) is 18.1. The van der Waals surface area contributed by atoms with E-state index in [0.717, 1.165) is 30.6 Å². The van der Waals surface area contributed by atoms with Crippen molar-refractivity contribution in [2.75, 3.05) is 6.54 Å². The summed E-state index contributed by atoms with van der Waals surface area (Å²) >= 11 is 6.06. The molecular formula is C21H19ClF2N2. The molecule has 0 saturated heterocycles. The lowest BCUT2D eigenvalue weighted by Gasteiger charge is -2.30. The summed E-state index contributed by atoms with van der Waals surface area (Å²) in [5.41, 5.74) is 3.11. The van der Waals surface area contributed by atoms with Crippen LogP contribution in [-0.4, -0.2) is 16.0 Å². The average Bonchev–Trinajstić information content (AvgIpc) is 3.01. The Morgan fingerprint density at radius 3 is 2.54 bits per heavy atom. The third-order valence-corrected chi connectivity index (χ3v) is 5.16. The summed E-state index contributed by atoms with van der Waals surface area (Å²) in [6, 6.07) is 16.2. The minimum atomic E-state index is -0.812. The van der Waals surface area contributed by atoms with Gasteiger partial charge in [0.25, 0.3) is 0 Å². The molecule has 5 heteroatoms. The molecule has 2 nitrogen and oxygen atoms in total. The second kappa shape index (κ2) is 7.22. The predicted molar refractivity (Wildman–Crippen MR) is 99.1 cm³/mol. The fourth-order valence-corrected chi connectivity index (χ4v) is 3.83. The van der Waals surface area contributed by atoms with E-state index >= 15 is 0 Å². The highest BCUT2D eigenvalue weighted by Gasteiger charge is 2.27. The van der Waals surface area contributed by atoms with Gasteiger partial charge in [0.15, 0.2) is 11.6 Å². The van der Waals surface area contributed by atoms with Gasteiger partial charge in [-0.1, -0.05) is 29.8 Å². The maximum atomic E-state index is 13.7. The molecule has 0 amide bonds. The molecule has 1 aromatic heterocycles. The number of rotatable bonds is 3. The molecule has 0 bridgehead atoms. The Hall–Kier alpha value is -2.17. The van der Waals surface area contributed by atoms with Crippen LogP contribution in [0.25, 0.3) is 0 Å². The number of halogens is 3. The smallest absolute Gasteiger partial charge is 0.159 e. The number of fused-ring (bicyclic) bond motifs is 1. The highest BCUT2D eigenvalue weighted by atomic mass is 35.5. The van der Waals surface area contributed by atoms with Gasteiger partial charge in [-0.25, -0.2) is 8.78 Å². The van der Waals surface area contributed by atoms with Gasteiger partial charge in [-0.3, -0.25) is 4.90 Å². The van der Waals surface area contributed by atoms with Crippen molar-refractivity contribution < 1.29 is 8.78 Å². The normalized spacial score (nSPS) is 17.7. The van der Waals surface area contributed by atoms with Crippen LogP contribution in [-0.2, 0) is 13.1 Å². The Labute approximate surface area is 156 Å². The molecule has 0 fully saturated rings. The largest absolute Gasteiger partial charge is 0.350 e. The molecule has 0 N–H and O–H groups in total. The Kier molecular flexibility index (Phi) is 4.79. The first kappa shape index (κ1) is 17.3. The first-order chi connectivity index (χ1) is 12.6. The molecule has 26 heavy (non-hydrogen) atoms. The van der Waals surface area contributed by atoms with Crippen molar-refractivity contribution in [3.8, 4) is 0 Å². The number of hydrogen-bond acceptors (Lipinski definition) is 1. The molecule has 1 aliphatic rings. The lowest BCUT2D eigenvalue weighted by Crippen LogP contribution is -2.29. The van der Waals surface area contributed by atoms with E-state index in [1.165, 1.54) is 17.8 Å². The number of aromatic nitrogens is 1. The number of aryl methyl sites for hydroxylation is 1.